The van der Waals surface area contributed by atoms with E-state index in [2.05, 4.69) is 0 Å². The smallest absolute Gasteiger partial charge is 0.411 e. The zero-order valence-corrected chi connectivity index (χ0v) is 23.9. The summed E-state index contributed by atoms with van der Waals surface area (Å²) < 4.78 is 18.8. The van der Waals surface area contributed by atoms with Crippen LogP contribution in [0.5, 0.6) is 5.75 Å². The third-order valence-electron chi connectivity index (χ3n) is 7.36. The van der Waals surface area contributed by atoms with E-state index in [1.54, 1.807) is 26.8 Å². The number of carboxylic acid groups (broad SMARTS) is 2. The van der Waals surface area contributed by atoms with Crippen molar-refractivity contribution in [2.24, 2.45) is 0 Å². The van der Waals surface area contributed by atoms with Gasteiger partial charge in [-0.1, -0.05) is 24.3 Å². The maximum Gasteiger partial charge on any atom is 0.411 e. The highest BCUT2D eigenvalue weighted by Gasteiger charge is 2.42. The monoisotopic (exact) mass is 580 g/mol. The van der Waals surface area contributed by atoms with Crippen LogP contribution in [0.15, 0.2) is 48.7 Å². The lowest BCUT2D eigenvalue weighted by Gasteiger charge is -2.32. The number of hydrogen-bond acceptors (Lipinski definition) is 8. The Morgan fingerprint density at radius 1 is 1.05 bits per heavy atom. The van der Waals surface area contributed by atoms with Crippen LogP contribution in [0.3, 0.4) is 0 Å². The van der Waals surface area contributed by atoms with Gasteiger partial charge < -0.3 is 24.4 Å². The van der Waals surface area contributed by atoms with Crippen LogP contribution in [0.4, 0.5) is 4.79 Å². The first-order valence-corrected chi connectivity index (χ1v) is 14.0. The largest absolute Gasteiger partial charge is 0.488 e. The molecule has 0 aliphatic carbocycles. The van der Waals surface area contributed by atoms with E-state index in [1.165, 1.54) is 4.90 Å². The summed E-state index contributed by atoms with van der Waals surface area (Å²) in [6.45, 7) is 7.61. The Morgan fingerprint density at radius 3 is 2.55 bits per heavy atom. The van der Waals surface area contributed by atoms with Crippen molar-refractivity contribution in [3.05, 3.63) is 48.7 Å². The average Bonchev–Trinajstić information content (AvgIpc) is 3.55. The minimum atomic E-state index is -1.10. The molecule has 2 aliphatic rings. The van der Waals surface area contributed by atoms with Gasteiger partial charge in [0.05, 0.1) is 31.8 Å². The van der Waals surface area contributed by atoms with Gasteiger partial charge in [0.25, 0.3) is 0 Å². The number of carbonyl (C=O) groups is 3. The highest BCUT2D eigenvalue weighted by molar-refractivity contribution is 5.94. The van der Waals surface area contributed by atoms with Crippen LogP contribution < -0.4 is 4.74 Å². The lowest BCUT2D eigenvalue weighted by molar-refractivity contribution is -0.149. The van der Waals surface area contributed by atoms with Crippen LogP contribution in [0.25, 0.3) is 22.0 Å². The Labute approximate surface area is 243 Å². The Hall–Kier alpha value is -4.16. The van der Waals surface area contributed by atoms with Gasteiger partial charge in [0.15, 0.2) is 0 Å². The second kappa shape index (κ2) is 12.0. The number of ether oxygens (including phenoxy) is 3. The molecular formula is C30H36N4O8. The van der Waals surface area contributed by atoms with Crippen molar-refractivity contribution >= 4 is 28.9 Å². The summed E-state index contributed by atoms with van der Waals surface area (Å²) in [5.41, 5.74) is 1.91. The fourth-order valence-electron chi connectivity index (χ4n) is 5.39. The number of aromatic nitrogens is 2. The van der Waals surface area contributed by atoms with Crippen LogP contribution >= 0.6 is 0 Å². The Morgan fingerprint density at radius 2 is 1.81 bits per heavy atom. The van der Waals surface area contributed by atoms with Gasteiger partial charge in [0.1, 0.15) is 29.5 Å². The number of morpholine rings is 1. The molecule has 0 saturated carbocycles. The van der Waals surface area contributed by atoms with Gasteiger partial charge in [-0.05, 0) is 50.1 Å². The van der Waals surface area contributed by atoms with E-state index < -0.39 is 41.8 Å². The lowest BCUT2D eigenvalue weighted by Crippen LogP contribution is -2.50. The molecule has 3 atom stereocenters. The molecule has 2 aromatic carbocycles. The number of hydrogen-bond donors (Lipinski definition) is 2. The zero-order valence-electron chi connectivity index (χ0n) is 23.9. The zero-order chi connectivity index (χ0) is 30.0. The molecule has 224 valence electrons. The standard InChI is InChI=1S/C30H36N4O8/c1-30(2,3)42-29(39)34-16-21(15-25(34)27(35)36)41-20-7-4-6-19(14-20)22-8-5-9-24-23(22)17-33(31-24)11-10-32-12-13-40-18-26(32)28(37)38/h4-9,14,17,21,25-26H,10-13,15-16,18H2,1-3H3,(H,35,36)(H,37,38)/t21-,25-,26?/m0/s1. The van der Waals surface area contributed by atoms with Gasteiger partial charge in [-0.2, -0.15) is 5.10 Å². The predicted octanol–water partition coefficient (Wildman–Crippen LogP) is 3.33. The second-order valence-corrected chi connectivity index (χ2v) is 11.6. The molecule has 3 aromatic rings. The van der Waals surface area contributed by atoms with Crippen LogP contribution in [0.1, 0.15) is 27.2 Å². The number of carboxylic acids is 2. The topological polar surface area (TPSA) is 144 Å². The number of aliphatic carboxylic acids is 2. The van der Waals surface area contributed by atoms with Crippen LogP contribution in [0.2, 0.25) is 0 Å². The Kier molecular flexibility index (Phi) is 8.37. The molecule has 5 rings (SSSR count). The van der Waals surface area contributed by atoms with Gasteiger partial charge in [-0.25, -0.2) is 9.59 Å². The van der Waals surface area contributed by atoms with Crippen molar-refractivity contribution in [1.29, 1.82) is 0 Å². The van der Waals surface area contributed by atoms with Crippen molar-refractivity contribution in [1.82, 2.24) is 19.6 Å². The highest BCUT2D eigenvalue weighted by atomic mass is 16.6. The number of carbonyl (C=O) groups excluding carboxylic acids is 1. The number of benzene rings is 2. The Balaban J connectivity index is 1.30. The number of likely N-dealkylation sites (tertiary alicyclic amines) is 1. The SMILES string of the molecule is CC(C)(C)OC(=O)N1C[C@@H](Oc2cccc(-c3cccc4nn(CCN5CCOCC5C(=O)O)cc34)c2)C[C@H]1C(=O)O. The third kappa shape index (κ3) is 6.66. The molecule has 2 fully saturated rings. The summed E-state index contributed by atoms with van der Waals surface area (Å²) >= 11 is 0. The van der Waals surface area contributed by atoms with E-state index in [-0.39, 0.29) is 19.6 Å². The van der Waals surface area contributed by atoms with Crippen LogP contribution in [-0.4, -0.2) is 104 Å². The molecule has 1 unspecified atom stereocenters. The van der Waals surface area contributed by atoms with Crippen molar-refractivity contribution in [2.75, 3.05) is 32.8 Å². The van der Waals surface area contributed by atoms with Gasteiger partial charge in [-0.15, -0.1) is 0 Å². The molecule has 2 N–H and O–H groups in total. The average molecular weight is 581 g/mol. The maximum absolute atomic E-state index is 12.7. The number of amides is 1. The highest BCUT2D eigenvalue weighted by Crippen LogP contribution is 2.32. The third-order valence-corrected chi connectivity index (χ3v) is 7.36. The fourth-order valence-corrected chi connectivity index (χ4v) is 5.39. The minimum Gasteiger partial charge on any atom is -0.488 e. The van der Waals surface area contributed by atoms with E-state index in [9.17, 15) is 24.6 Å². The van der Waals surface area contributed by atoms with E-state index >= 15 is 0 Å². The molecular weight excluding hydrogens is 544 g/mol. The molecule has 12 nitrogen and oxygen atoms in total. The van der Waals surface area contributed by atoms with Crippen molar-refractivity contribution < 1.29 is 38.8 Å². The van der Waals surface area contributed by atoms with E-state index in [1.807, 2.05) is 52.2 Å². The number of fused-ring (bicyclic) bond motifs is 1. The van der Waals surface area contributed by atoms with Crippen LogP contribution in [-0.2, 0) is 25.6 Å². The summed E-state index contributed by atoms with van der Waals surface area (Å²) in [6.07, 6.45) is 0.918. The van der Waals surface area contributed by atoms with Gasteiger partial charge in [0, 0.05) is 31.1 Å². The van der Waals surface area contributed by atoms with Crippen molar-refractivity contribution in [3.63, 3.8) is 0 Å². The van der Waals surface area contributed by atoms with Gasteiger partial charge in [0.2, 0.25) is 0 Å². The van der Waals surface area contributed by atoms with Crippen molar-refractivity contribution in [3.8, 4) is 16.9 Å². The van der Waals surface area contributed by atoms with Crippen LogP contribution in [0, 0.1) is 0 Å². The maximum atomic E-state index is 12.7. The Bertz CT molecular complexity index is 1470. The van der Waals surface area contributed by atoms with E-state index in [0.717, 1.165) is 22.0 Å². The molecule has 42 heavy (non-hydrogen) atoms. The van der Waals surface area contributed by atoms with Gasteiger partial charge in [-0.3, -0.25) is 19.3 Å². The molecule has 2 saturated heterocycles. The summed E-state index contributed by atoms with van der Waals surface area (Å²) in [5, 5.41) is 24.9. The fraction of sp³-hybridized carbons (Fsp3) is 0.467. The minimum absolute atomic E-state index is 0.102. The first-order valence-electron chi connectivity index (χ1n) is 14.0. The molecule has 12 heteroatoms. The van der Waals surface area contributed by atoms with Crippen molar-refractivity contribution in [2.45, 2.75) is 57.5 Å². The first kappa shape index (κ1) is 29.3. The quantitative estimate of drug-likeness (QED) is 0.407. The normalized spacial score (nSPS) is 21.4. The lowest BCUT2D eigenvalue weighted by atomic mass is 10.0. The summed E-state index contributed by atoms with van der Waals surface area (Å²) in [4.78, 5) is 39.3. The number of nitrogens with zero attached hydrogens (tertiary/aromatic N) is 4. The predicted molar refractivity (Wildman–Crippen MR) is 152 cm³/mol. The molecule has 1 amide bonds. The van der Waals surface area contributed by atoms with E-state index in [4.69, 9.17) is 19.3 Å². The number of rotatable bonds is 8. The molecule has 1 aromatic heterocycles. The molecule has 0 bridgehead atoms. The van der Waals surface area contributed by atoms with E-state index in [0.29, 0.717) is 32.0 Å². The molecule has 3 heterocycles. The van der Waals surface area contributed by atoms with Gasteiger partial charge >= 0.3 is 18.0 Å². The second-order valence-electron chi connectivity index (χ2n) is 11.6. The summed E-state index contributed by atoms with van der Waals surface area (Å²) in [7, 11) is 0. The molecule has 0 spiro atoms. The summed E-state index contributed by atoms with van der Waals surface area (Å²) in [6, 6.07) is 11.7. The molecule has 0 radical (unpaired) electrons. The molecule has 2 aliphatic heterocycles. The summed E-state index contributed by atoms with van der Waals surface area (Å²) in [5.74, 6) is -1.43. The first-order chi connectivity index (χ1) is 20.0.